The molecule has 136 valence electrons. The zero-order valence-electron chi connectivity index (χ0n) is 14.9. The molecule has 2 aromatic rings. The predicted octanol–water partition coefficient (Wildman–Crippen LogP) is 3.39. The number of rotatable bonds is 6. The topological polar surface area (TPSA) is 75.0 Å². The van der Waals surface area contributed by atoms with E-state index >= 15 is 0 Å². The number of carbonyl (C=O) groups is 1. The van der Waals surface area contributed by atoms with Crippen LogP contribution < -0.4 is 15.1 Å². The van der Waals surface area contributed by atoms with Crippen molar-refractivity contribution in [3.05, 3.63) is 58.0 Å². The quantitative estimate of drug-likeness (QED) is 0.449. The van der Waals surface area contributed by atoms with Gasteiger partial charge in [-0.25, -0.2) is 9.59 Å². The van der Waals surface area contributed by atoms with Gasteiger partial charge in [-0.15, -0.1) is 0 Å². The van der Waals surface area contributed by atoms with Gasteiger partial charge in [0.05, 0.1) is 7.11 Å². The molecular formula is C20H20O6. The molecule has 0 saturated carbocycles. The number of esters is 1. The van der Waals surface area contributed by atoms with E-state index in [9.17, 15) is 9.59 Å². The molecule has 1 aromatic carbocycles. The number of ether oxygens (including phenoxy) is 3. The van der Waals surface area contributed by atoms with Crippen molar-refractivity contribution in [3.63, 3.8) is 0 Å². The third-order valence-corrected chi connectivity index (χ3v) is 4.12. The second kappa shape index (κ2) is 7.47. The van der Waals surface area contributed by atoms with E-state index < -0.39 is 5.63 Å². The van der Waals surface area contributed by atoms with Crippen molar-refractivity contribution in [2.45, 2.75) is 26.4 Å². The van der Waals surface area contributed by atoms with Crippen molar-refractivity contribution < 1.29 is 23.4 Å². The van der Waals surface area contributed by atoms with Gasteiger partial charge in [0.2, 0.25) is 5.75 Å². The van der Waals surface area contributed by atoms with E-state index in [0.29, 0.717) is 35.7 Å². The Morgan fingerprint density at radius 3 is 2.69 bits per heavy atom. The molecule has 6 heteroatoms. The zero-order chi connectivity index (χ0) is 18.7. The summed E-state index contributed by atoms with van der Waals surface area (Å²) in [6, 6.07) is 6.61. The first-order valence-electron chi connectivity index (χ1n) is 8.26. The Bertz CT molecular complexity index is 950. The molecule has 2 heterocycles. The minimum Gasteiger partial charge on any atom is -0.490 e. The molecule has 3 rings (SSSR count). The van der Waals surface area contributed by atoms with E-state index in [2.05, 4.69) is 0 Å². The fourth-order valence-corrected chi connectivity index (χ4v) is 2.78. The molecule has 26 heavy (non-hydrogen) atoms. The molecule has 0 bridgehead atoms. The molecule has 6 nitrogen and oxygen atoms in total. The highest BCUT2D eigenvalue weighted by Crippen LogP contribution is 2.34. The molecule has 0 spiro atoms. The van der Waals surface area contributed by atoms with E-state index in [1.54, 1.807) is 25.1 Å². The lowest BCUT2D eigenvalue weighted by molar-refractivity contribution is -0.139. The zero-order valence-corrected chi connectivity index (χ0v) is 14.9. The van der Waals surface area contributed by atoms with E-state index in [4.69, 9.17) is 18.6 Å². The summed E-state index contributed by atoms with van der Waals surface area (Å²) in [5.41, 5.74) is 1.59. The lowest BCUT2D eigenvalue weighted by Gasteiger charge is -2.12. The predicted molar refractivity (Wildman–Crippen MR) is 96.5 cm³/mol. The first-order chi connectivity index (χ1) is 12.5. The maximum atomic E-state index is 11.5. The van der Waals surface area contributed by atoms with Gasteiger partial charge < -0.3 is 18.6 Å². The van der Waals surface area contributed by atoms with Gasteiger partial charge in [-0.3, -0.25) is 0 Å². The van der Waals surface area contributed by atoms with Crippen LogP contribution in [-0.4, -0.2) is 25.8 Å². The Balaban J connectivity index is 1.69. The highest BCUT2D eigenvalue weighted by atomic mass is 16.5. The molecule has 1 unspecified atom stereocenters. The van der Waals surface area contributed by atoms with E-state index in [1.807, 2.05) is 19.1 Å². The molecular weight excluding hydrogens is 336 g/mol. The summed E-state index contributed by atoms with van der Waals surface area (Å²) < 4.78 is 21.6. The van der Waals surface area contributed by atoms with Crippen molar-refractivity contribution in [2.75, 3.05) is 13.7 Å². The summed E-state index contributed by atoms with van der Waals surface area (Å²) in [5, 5.41) is 0.755. The second-order valence-corrected chi connectivity index (χ2v) is 6.13. The van der Waals surface area contributed by atoms with Gasteiger partial charge in [0.15, 0.2) is 11.3 Å². The molecule has 0 N–H and O–H groups in total. The van der Waals surface area contributed by atoms with Gasteiger partial charge in [-0.2, -0.15) is 0 Å². The van der Waals surface area contributed by atoms with Gasteiger partial charge in [-0.05, 0) is 44.2 Å². The van der Waals surface area contributed by atoms with Crippen LogP contribution in [0.3, 0.4) is 0 Å². The van der Waals surface area contributed by atoms with Crippen LogP contribution in [0.2, 0.25) is 0 Å². The number of benzene rings is 1. The first kappa shape index (κ1) is 17.8. The van der Waals surface area contributed by atoms with Gasteiger partial charge in [0.1, 0.15) is 12.7 Å². The Morgan fingerprint density at radius 2 is 2.00 bits per heavy atom. The number of carbonyl (C=O) groups excluding carboxylic acids is 1. The van der Waals surface area contributed by atoms with Crippen LogP contribution in [-0.2, 0) is 9.53 Å². The van der Waals surface area contributed by atoms with Crippen molar-refractivity contribution in [1.82, 2.24) is 0 Å². The summed E-state index contributed by atoms with van der Waals surface area (Å²) in [7, 11) is 1.50. The largest absolute Gasteiger partial charge is 0.490 e. The van der Waals surface area contributed by atoms with E-state index in [-0.39, 0.29) is 12.1 Å². The first-order valence-corrected chi connectivity index (χ1v) is 8.26. The van der Waals surface area contributed by atoms with Crippen molar-refractivity contribution >= 4 is 16.9 Å². The fourth-order valence-electron chi connectivity index (χ4n) is 2.78. The van der Waals surface area contributed by atoms with Crippen LogP contribution in [0.1, 0.15) is 20.3 Å². The Hall–Kier alpha value is -3.02. The van der Waals surface area contributed by atoms with Crippen LogP contribution in [0.15, 0.2) is 56.8 Å². The maximum Gasteiger partial charge on any atom is 0.336 e. The number of fused-ring (bicyclic) bond motifs is 1. The summed E-state index contributed by atoms with van der Waals surface area (Å²) in [4.78, 5) is 22.9. The summed E-state index contributed by atoms with van der Waals surface area (Å²) in [6.45, 7) is 4.01. The molecule has 0 amide bonds. The number of hydrogen-bond donors (Lipinski definition) is 0. The molecule has 1 aromatic heterocycles. The maximum absolute atomic E-state index is 11.5. The lowest BCUT2D eigenvalue weighted by Crippen LogP contribution is -2.08. The Morgan fingerprint density at radius 1 is 1.23 bits per heavy atom. The van der Waals surface area contributed by atoms with Crippen LogP contribution in [0.5, 0.6) is 11.5 Å². The molecule has 0 fully saturated rings. The fraction of sp³-hybridized carbons (Fsp3) is 0.300. The third kappa shape index (κ3) is 3.79. The van der Waals surface area contributed by atoms with Crippen LogP contribution in [0.4, 0.5) is 0 Å². The summed E-state index contributed by atoms with van der Waals surface area (Å²) >= 11 is 0. The number of cyclic esters (lactones) is 1. The van der Waals surface area contributed by atoms with Crippen molar-refractivity contribution in [1.29, 1.82) is 0 Å². The minimum absolute atomic E-state index is 0.219. The molecule has 0 radical (unpaired) electrons. The smallest absolute Gasteiger partial charge is 0.336 e. The average molecular weight is 356 g/mol. The standard InChI is InChI=1S/C20H20O6/c1-12(10-15-11-13(2)20(22)25-15)8-9-24-16-6-4-14-5-7-17(21)26-18(14)19(16)23-3/h4-8,11,15H,9-10H2,1-3H3/b12-8-. The molecule has 1 aliphatic rings. The molecule has 1 atom stereocenters. The van der Waals surface area contributed by atoms with Crippen molar-refractivity contribution in [3.8, 4) is 11.5 Å². The van der Waals surface area contributed by atoms with Gasteiger partial charge in [-0.1, -0.05) is 5.57 Å². The molecule has 1 aliphatic heterocycles. The van der Waals surface area contributed by atoms with Gasteiger partial charge in [0, 0.05) is 23.4 Å². The SMILES string of the molecule is COc1c(OC/C=C(/C)CC2C=C(C)C(=O)O2)ccc2ccc(=O)oc12. The Labute approximate surface area is 150 Å². The summed E-state index contributed by atoms with van der Waals surface area (Å²) in [6.07, 6.45) is 4.15. The van der Waals surface area contributed by atoms with Crippen molar-refractivity contribution in [2.24, 2.45) is 0 Å². The molecule has 0 aliphatic carbocycles. The number of hydrogen-bond acceptors (Lipinski definition) is 6. The second-order valence-electron chi connectivity index (χ2n) is 6.13. The normalized spacial score (nSPS) is 17.2. The third-order valence-electron chi connectivity index (χ3n) is 4.12. The van der Waals surface area contributed by atoms with Gasteiger partial charge in [0.25, 0.3) is 0 Å². The highest BCUT2D eigenvalue weighted by Gasteiger charge is 2.22. The average Bonchev–Trinajstić information content (AvgIpc) is 2.91. The number of methoxy groups -OCH3 is 1. The van der Waals surface area contributed by atoms with Crippen LogP contribution >= 0.6 is 0 Å². The summed E-state index contributed by atoms with van der Waals surface area (Å²) in [5.74, 6) is 0.609. The molecule has 0 saturated heterocycles. The highest BCUT2D eigenvalue weighted by molar-refractivity contribution is 5.90. The van der Waals surface area contributed by atoms with E-state index in [0.717, 1.165) is 11.0 Å². The van der Waals surface area contributed by atoms with E-state index in [1.165, 1.54) is 13.2 Å². The minimum atomic E-state index is -0.446. The van der Waals surface area contributed by atoms with Crippen LogP contribution in [0, 0.1) is 0 Å². The van der Waals surface area contributed by atoms with Crippen LogP contribution in [0.25, 0.3) is 11.0 Å². The lowest BCUT2D eigenvalue weighted by atomic mass is 10.1. The monoisotopic (exact) mass is 356 g/mol. The van der Waals surface area contributed by atoms with Gasteiger partial charge >= 0.3 is 11.6 Å². The Kier molecular flexibility index (Phi) is 5.11.